The molecule has 24 heavy (non-hydrogen) atoms. The van der Waals surface area contributed by atoms with E-state index < -0.39 is 15.7 Å². The largest absolute Gasteiger partial charge is 0.365 e. The van der Waals surface area contributed by atoms with Crippen LogP contribution in [-0.2, 0) is 9.84 Å². The molecule has 1 amide bonds. The number of aromatic nitrogens is 2. The summed E-state index contributed by atoms with van der Waals surface area (Å²) in [6.07, 6.45) is 3.30. The Labute approximate surface area is 144 Å². The maximum Gasteiger partial charge on any atom is 0.275 e. The van der Waals surface area contributed by atoms with Gasteiger partial charge in [0.2, 0.25) is 0 Å². The van der Waals surface area contributed by atoms with Crippen molar-refractivity contribution in [1.29, 1.82) is 0 Å². The smallest absolute Gasteiger partial charge is 0.275 e. The molecule has 2 aromatic rings. The predicted molar refractivity (Wildman–Crippen MR) is 92.1 cm³/mol. The molecule has 0 bridgehead atoms. The van der Waals surface area contributed by atoms with E-state index in [1.54, 1.807) is 24.3 Å². The molecular formula is C15H15ClN4O3S. The summed E-state index contributed by atoms with van der Waals surface area (Å²) in [6, 6.07) is 6.61. The van der Waals surface area contributed by atoms with Crippen LogP contribution in [-0.4, -0.2) is 41.8 Å². The average molecular weight is 367 g/mol. The van der Waals surface area contributed by atoms with Gasteiger partial charge in [-0.1, -0.05) is 17.7 Å². The number of carbonyl (C=O) groups is 1. The highest BCUT2D eigenvalue weighted by molar-refractivity contribution is 7.91. The number of hydrogen-bond donors (Lipinski definition) is 2. The van der Waals surface area contributed by atoms with Gasteiger partial charge >= 0.3 is 0 Å². The minimum Gasteiger partial charge on any atom is -0.365 e. The van der Waals surface area contributed by atoms with E-state index in [1.165, 1.54) is 12.4 Å². The second-order valence-corrected chi connectivity index (χ2v) is 8.16. The Bertz CT molecular complexity index is 855. The maximum atomic E-state index is 12.1. The van der Waals surface area contributed by atoms with E-state index in [-0.39, 0.29) is 23.2 Å². The Kier molecular flexibility index (Phi) is 4.68. The third kappa shape index (κ3) is 4.21. The number of benzene rings is 1. The van der Waals surface area contributed by atoms with Crippen LogP contribution in [0, 0.1) is 0 Å². The zero-order valence-electron chi connectivity index (χ0n) is 12.6. The Morgan fingerprint density at radius 1 is 1.25 bits per heavy atom. The Morgan fingerprint density at radius 3 is 2.71 bits per heavy atom. The summed E-state index contributed by atoms with van der Waals surface area (Å²) < 4.78 is 22.9. The van der Waals surface area contributed by atoms with Crippen LogP contribution in [0.2, 0.25) is 5.02 Å². The molecule has 1 aromatic carbocycles. The highest BCUT2D eigenvalue weighted by Crippen LogP contribution is 2.17. The molecule has 1 saturated heterocycles. The fraction of sp³-hybridized carbons (Fsp3) is 0.267. The van der Waals surface area contributed by atoms with Crippen LogP contribution < -0.4 is 10.6 Å². The van der Waals surface area contributed by atoms with Gasteiger partial charge in [0, 0.05) is 16.8 Å². The first-order chi connectivity index (χ1) is 11.4. The van der Waals surface area contributed by atoms with E-state index in [0.717, 1.165) is 0 Å². The first-order valence-corrected chi connectivity index (χ1v) is 9.47. The fourth-order valence-corrected chi connectivity index (χ4v) is 4.26. The molecule has 0 spiro atoms. The molecule has 2 heterocycles. The number of carbonyl (C=O) groups excluding carboxylic acids is 1. The van der Waals surface area contributed by atoms with Gasteiger partial charge in [-0.2, -0.15) is 0 Å². The van der Waals surface area contributed by atoms with E-state index in [2.05, 4.69) is 20.6 Å². The van der Waals surface area contributed by atoms with Crippen molar-refractivity contribution in [3.8, 4) is 0 Å². The quantitative estimate of drug-likeness (QED) is 0.858. The van der Waals surface area contributed by atoms with Gasteiger partial charge in [-0.3, -0.25) is 4.79 Å². The average Bonchev–Trinajstić information content (AvgIpc) is 2.87. The molecule has 1 fully saturated rings. The van der Waals surface area contributed by atoms with Crippen molar-refractivity contribution in [3.05, 3.63) is 47.4 Å². The van der Waals surface area contributed by atoms with E-state index in [0.29, 0.717) is 22.9 Å². The Morgan fingerprint density at radius 2 is 2.08 bits per heavy atom. The summed E-state index contributed by atoms with van der Waals surface area (Å²) in [5.74, 6) is 0.306. The van der Waals surface area contributed by atoms with Gasteiger partial charge in [0.1, 0.15) is 11.5 Å². The monoisotopic (exact) mass is 366 g/mol. The van der Waals surface area contributed by atoms with Crippen molar-refractivity contribution < 1.29 is 13.2 Å². The van der Waals surface area contributed by atoms with Gasteiger partial charge in [0.15, 0.2) is 9.84 Å². The van der Waals surface area contributed by atoms with Gasteiger partial charge in [-0.25, -0.2) is 18.4 Å². The Balaban J connectivity index is 1.62. The van der Waals surface area contributed by atoms with E-state index in [1.807, 2.05) is 0 Å². The molecule has 0 saturated carbocycles. The first kappa shape index (κ1) is 16.7. The molecule has 1 aliphatic rings. The summed E-state index contributed by atoms with van der Waals surface area (Å²) in [7, 11) is -2.96. The molecule has 7 nitrogen and oxygen atoms in total. The lowest BCUT2D eigenvalue weighted by Crippen LogP contribution is -2.22. The zero-order chi connectivity index (χ0) is 17.2. The SMILES string of the molecule is O=C(Nc1cccc(Cl)c1)c1cnc(NC2CCS(=O)(=O)C2)cn1. The summed E-state index contributed by atoms with van der Waals surface area (Å²) in [5, 5.41) is 6.21. The van der Waals surface area contributed by atoms with Crippen LogP contribution in [0.1, 0.15) is 16.9 Å². The molecule has 2 N–H and O–H groups in total. The fourth-order valence-electron chi connectivity index (χ4n) is 2.40. The minimum absolute atomic E-state index is 0.0890. The number of anilines is 2. The Hall–Kier alpha value is -2.19. The summed E-state index contributed by atoms with van der Waals surface area (Å²) in [5.41, 5.74) is 0.715. The lowest BCUT2D eigenvalue weighted by atomic mass is 10.2. The molecule has 1 aromatic heterocycles. The van der Waals surface area contributed by atoms with Crippen LogP contribution >= 0.6 is 11.6 Å². The van der Waals surface area contributed by atoms with Crippen molar-refractivity contribution >= 4 is 38.9 Å². The number of nitrogens with zero attached hydrogens (tertiary/aromatic N) is 2. The molecule has 1 aliphatic heterocycles. The number of amides is 1. The molecule has 126 valence electrons. The van der Waals surface area contributed by atoms with Crippen molar-refractivity contribution in [2.75, 3.05) is 22.1 Å². The number of hydrogen-bond acceptors (Lipinski definition) is 6. The third-order valence-electron chi connectivity index (χ3n) is 3.55. The second kappa shape index (κ2) is 6.74. The maximum absolute atomic E-state index is 12.1. The molecule has 1 atom stereocenters. The first-order valence-electron chi connectivity index (χ1n) is 7.27. The minimum atomic E-state index is -2.96. The van der Waals surface area contributed by atoms with Crippen LogP contribution in [0.4, 0.5) is 11.5 Å². The van der Waals surface area contributed by atoms with Crippen LogP contribution in [0.5, 0.6) is 0 Å². The normalized spacial score (nSPS) is 19.0. The highest BCUT2D eigenvalue weighted by Gasteiger charge is 2.27. The predicted octanol–water partition coefficient (Wildman–Crippen LogP) is 1.98. The number of halogens is 1. The molecule has 0 aliphatic carbocycles. The van der Waals surface area contributed by atoms with Gasteiger partial charge in [0.25, 0.3) is 5.91 Å². The summed E-state index contributed by atoms with van der Waals surface area (Å²) >= 11 is 5.87. The van der Waals surface area contributed by atoms with E-state index in [9.17, 15) is 13.2 Å². The summed E-state index contributed by atoms with van der Waals surface area (Å²) in [6.45, 7) is 0. The number of sulfone groups is 1. The number of nitrogens with one attached hydrogen (secondary N) is 2. The van der Waals surface area contributed by atoms with E-state index >= 15 is 0 Å². The van der Waals surface area contributed by atoms with Crippen LogP contribution in [0.25, 0.3) is 0 Å². The van der Waals surface area contributed by atoms with E-state index in [4.69, 9.17) is 11.6 Å². The molecule has 1 unspecified atom stereocenters. The van der Waals surface area contributed by atoms with Gasteiger partial charge < -0.3 is 10.6 Å². The highest BCUT2D eigenvalue weighted by atomic mass is 35.5. The molecule has 9 heteroatoms. The molecule has 0 radical (unpaired) electrons. The topological polar surface area (TPSA) is 101 Å². The second-order valence-electron chi connectivity index (χ2n) is 5.50. The summed E-state index contributed by atoms with van der Waals surface area (Å²) in [4.78, 5) is 20.3. The lowest BCUT2D eigenvalue weighted by molar-refractivity contribution is 0.102. The van der Waals surface area contributed by atoms with Crippen molar-refractivity contribution in [2.45, 2.75) is 12.5 Å². The zero-order valence-corrected chi connectivity index (χ0v) is 14.1. The van der Waals surface area contributed by atoms with Gasteiger partial charge in [-0.05, 0) is 24.6 Å². The van der Waals surface area contributed by atoms with Crippen molar-refractivity contribution in [2.24, 2.45) is 0 Å². The third-order valence-corrected chi connectivity index (χ3v) is 5.55. The standard InChI is InChI=1S/C15H15ClN4O3S/c16-10-2-1-3-11(6-10)20-15(21)13-7-18-14(8-17-13)19-12-4-5-24(22,23)9-12/h1-3,6-8,12H,4-5,9H2,(H,18,19)(H,20,21). The molecule has 3 rings (SSSR count). The van der Waals surface area contributed by atoms with Crippen molar-refractivity contribution in [1.82, 2.24) is 9.97 Å². The van der Waals surface area contributed by atoms with Gasteiger partial charge in [-0.15, -0.1) is 0 Å². The van der Waals surface area contributed by atoms with Crippen molar-refractivity contribution in [3.63, 3.8) is 0 Å². The lowest BCUT2D eigenvalue weighted by Gasteiger charge is -2.11. The van der Waals surface area contributed by atoms with Crippen LogP contribution in [0.3, 0.4) is 0 Å². The molecular weight excluding hydrogens is 352 g/mol. The van der Waals surface area contributed by atoms with Crippen LogP contribution in [0.15, 0.2) is 36.7 Å². The van der Waals surface area contributed by atoms with Gasteiger partial charge in [0.05, 0.1) is 23.9 Å². The number of rotatable bonds is 4.